The third kappa shape index (κ3) is 4.12. The SMILES string of the molecule is CCn1nc(C)cc1C(=O)Nc1nc2c(F)c(C(N)=O)cc(OC)c2n1CC=CCN. The molecule has 0 aliphatic carbocycles. The van der Waals surface area contributed by atoms with E-state index in [0.29, 0.717) is 24.5 Å². The minimum absolute atomic E-state index is 0.0713. The first kappa shape index (κ1) is 22.0. The van der Waals surface area contributed by atoms with E-state index in [1.54, 1.807) is 34.4 Å². The van der Waals surface area contributed by atoms with Gasteiger partial charge in [0.2, 0.25) is 5.95 Å². The predicted molar refractivity (Wildman–Crippen MR) is 114 cm³/mol. The fraction of sp³-hybridized carbons (Fsp3) is 0.300. The van der Waals surface area contributed by atoms with E-state index >= 15 is 4.39 Å². The molecule has 0 bridgehead atoms. The van der Waals surface area contributed by atoms with Gasteiger partial charge in [-0.1, -0.05) is 12.2 Å². The number of halogens is 1. The highest BCUT2D eigenvalue weighted by Gasteiger charge is 2.25. The highest BCUT2D eigenvalue weighted by molar-refractivity contribution is 6.04. The van der Waals surface area contributed by atoms with Gasteiger partial charge in [0.1, 0.15) is 22.5 Å². The second kappa shape index (κ2) is 8.96. The summed E-state index contributed by atoms with van der Waals surface area (Å²) in [6.45, 7) is 4.67. The Morgan fingerprint density at radius 1 is 1.32 bits per heavy atom. The molecular formula is C20H24FN7O3. The molecule has 1 aromatic carbocycles. The number of rotatable bonds is 8. The van der Waals surface area contributed by atoms with E-state index in [9.17, 15) is 9.59 Å². The van der Waals surface area contributed by atoms with Crippen molar-refractivity contribution < 1.29 is 18.7 Å². The first-order valence-electron chi connectivity index (χ1n) is 9.59. The molecule has 0 spiro atoms. The monoisotopic (exact) mass is 429 g/mol. The number of hydrogen-bond donors (Lipinski definition) is 3. The summed E-state index contributed by atoms with van der Waals surface area (Å²) in [6.07, 6.45) is 3.46. The molecular weight excluding hydrogens is 405 g/mol. The van der Waals surface area contributed by atoms with Crippen LogP contribution in [0.3, 0.4) is 0 Å². The average Bonchev–Trinajstić information content (AvgIpc) is 3.29. The Bertz CT molecular complexity index is 1180. The summed E-state index contributed by atoms with van der Waals surface area (Å²) in [7, 11) is 1.38. The number of carbonyl (C=O) groups is 2. The van der Waals surface area contributed by atoms with Crippen LogP contribution in [0.4, 0.5) is 10.3 Å². The molecule has 0 aliphatic rings. The largest absolute Gasteiger partial charge is 0.494 e. The summed E-state index contributed by atoms with van der Waals surface area (Å²) in [5.41, 5.74) is 11.6. The number of methoxy groups -OCH3 is 1. The van der Waals surface area contributed by atoms with Crippen molar-refractivity contribution in [3.05, 3.63) is 47.1 Å². The number of amides is 2. The minimum atomic E-state index is -0.955. The van der Waals surface area contributed by atoms with Gasteiger partial charge in [-0.15, -0.1) is 0 Å². The summed E-state index contributed by atoms with van der Waals surface area (Å²) in [5.74, 6) is -2.05. The first-order valence-corrected chi connectivity index (χ1v) is 9.59. The number of primary amides is 1. The summed E-state index contributed by atoms with van der Waals surface area (Å²) in [5, 5.41) is 6.97. The topological polar surface area (TPSA) is 143 Å². The molecule has 10 nitrogen and oxygen atoms in total. The molecule has 164 valence electrons. The van der Waals surface area contributed by atoms with E-state index in [2.05, 4.69) is 15.4 Å². The van der Waals surface area contributed by atoms with Crippen molar-refractivity contribution in [3.8, 4) is 5.75 Å². The van der Waals surface area contributed by atoms with Gasteiger partial charge in [-0.25, -0.2) is 9.37 Å². The Labute approximate surface area is 177 Å². The lowest BCUT2D eigenvalue weighted by atomic mass is 10.1. The summed E-state index contributed by atoms with van der Waals surface area (Å²) in [6, 6.07) is 2.86. The maximum Gasteiger partial charge on any atom is 0.276 e. The molecule has 0 saturated carbocycles. The van der Waals surface area contributed by atoms with Gasteiger partial charge in [0, 0.05) is 19.6 Å². The number of allylic oxidation sites excluding steroid dienone is 1. The zero-order valence-corrected chi connectivity index (χ0v) is 17.5. The average molecular weight is 429 g/mol. The number of benzene rings is 1. The number of anilines is 1. The smallest absolute Gasteiger partial charge is 0.276 e. The maximum atomic E-state index is 15.0. The molecule has 0 fully saturated rings. The number of hydrogen-bond acceptors (Lipinski definition) is 6. The number of nitrogens with two attached hydrogens (primary N) is 2. The van der Waals surface area contributed by atoms with Crippen LogP contribution in [0, 0.1) is 12.7 Å². The molecule has 31 heavy (non-hydrogen) atoms. The van der Waals surface area contributed by atoms with E-state index in [4.69, 9.17) is 16.2 Å². The molecule has 2 aromatic heterocycles. The Hall–Kier alpha value is -3.73. The van der Waals surface area contributed by atoms with E-state index in [1.165, 1.54) is 13.2 Å². The van der Waals surface area contributed by atoms with Crippen LogP contribution in [-0.4, -0.2) is 44.8 Å². The van der Waals surface area contributed by atoms with Gasteiger partial charge in [0.15, 0.2) is 5.82 Å². The summed E-state index contributed by atoms with van der Waals surface area (Å²) in [4.78, 5) is 28.8. The zero-order valence-electron chi connectivity index (χ0n) is 17.5. The number of carbonyl (C=O) groups excluding carboxylic acids is 2. The molecule has 2 heterocycles. The van der Waals surface area contributed by atoms with Gasteiger partial charge in [0.05, 0.1) is 18.4 Å². The lowest BCUT2D eigenvalue weighted by Gasteiger charge is -2.11. The molecule has 0 atom stereocenters. The third-order valence-electron chi connectivity index (χ3n) is 4.66. The van der Waals surface area contributed by atoms with Crippen LogP contribution in [0.25, 0.3) is 11.0 Å². The number of fused-ring (bicyclic) bond motifs is 1. The second-order valence-electron chi connectivity index (χ2n) is 6.70. The van der Waals surface area contributed by atoms with Gasteiger partial charge in [0.25, 0.3) is 11.8 Å². The van der Waals surface area contributed by atoms with E-state index in [0.717, 1.165) is 0 Å². The van der Waals surface area contributed by atoms with Gasteiger partial charge < -0.3 is 20.8 Å². The van der Waals surface area contributed by atoms with Crippen molar-refractivity contribution >= 4 is 28.8 Å². The van der Waals surface area contributed by atoms with Crippen molar-refractivity contribution in [1.29, 1.82) is 0 Å². The van der Waals surface area contributed by atoms with E-state index in [1.807, 2.05) is 6.92 Å². The quantitative estimate of drug-likeness (QED) is 0.464. The molecule has 11 heteroatoms. The Kier molecular flexibility index (Phi) is 6.35. The van der Waals surface area contributed by atoms with Gasteiger partial charge in [-0.2, -0.15) is 5.10 Å². The van der Waals surface area contributed by atoms with Crippen molar-refractivity contribution in [2.45, 2.75) is 26.9 Å². The van der Waals surface area contributed by atoms with Gasteiger partial charge >= 0.3 is 0 Å². The second-order valence-corrected chi connectivity index (χ2v) is 6.70. The molecule has 0 saturated heterocycles. The van der Waals surface area contributed by atoms with Crippen LogP contribution in [0.15, 0.2) is 24.3 Å². The molecule has 0 radical (unpaired) electrons. The third-order valence-corrected chi connectivity index (χ3v) is 4.66. The standard InChI is InChI=1S/C20H24FN7O3/c1-4-28-13(9-11(2)26-28)19(30)25-20-24-16-15(21)12(18(23)29)10-14(31-3)17(16)27(20)8-6-5-7-22/h5-6,9-10H,4,7-8,22H2,1-3H3,(H2,23,29)(H,24,25,30). The molecule has 5 N–H and O–H groups in total. The number of nitrogens with one attached hydrogen (secondary N) is 1. The Balaban J connectivity index is 2.18. The molecule has 3 aromatic rings. The molecule has 0 aliphatic heterocycles. The number of imidazole rings is 1. The fourth-order valence-corrected chi connectivity index (χ4v) is 3.27. The number of aromatic nitrogens is 4. The van der Waals surface area contributed by atoms with Crippen LogP contribution in [0.2, 0.25) is 0 Å². The van der Waals surface area contributed by atoms with Crippen molar-refractivity contribution in [3.63, 3.8) is 0 Å². The van der Waals surface area contributed by atoms with Crippen LogP contribution in [0.5, 0.6) is 5.75 Å². The van der Waals surface area contributed by atoms with Crippen LogP contribution < -0.4 is 21.5 Å². The lowest BCUT2D eigenvalue weighted by Crippen LogP contribution is -2.20. The highest BCUT2D eigenvalue weighted by atomic mass is 19.1. The highest BCUT2D eigenvalue weighted by Crippen LogP contribution is 2.33. The first-order chi connectivity index (χ1) is 14.8. The van der Waals surface area contributed by atoms with E-state index in [-0.39, 0.29) is 34.8 Å². The van der Waals surface area contributed by atoms with Gasteiger partial charge in [-0.05, 0) is 26.0 Å². The van der Waals surface area contributed by atoms with Crippen LogP contribution >= 0.6 is 0 Å². The maximum absolute atomic E-state index is 15.0. The lowest BCUT2D eigenvalue weighted by molar-refractivity contribution is 0.0992. The predicted octanol–water partition coefficient (Wildman–Crippen LogP) is 1.57. The molecule has 2 amide bonds. The zero-order chi connectivity index (χ0) is 22.7. The van der Waals surface area contributed by atoms with E-state index < -0.39 is 17.6 Å². The number of nitrogens with zero attached hydrogens (tertiary/aromatic N) is 4. The van der Waals surface area contributed by atoms with Gasteiger partial charge in [-0.3, -0.25) is 19.6 Å². The number of aryl methyl sites for hydroxylation is 2. The van der Waals surface area contributed by atoms with Crippen molar-refractivity contribution in [2.24, 2.45) is 11.5 Å². The Morgan fingerprint density at radius 2 is 2.06 bits per heavy atom. The fourth-order valence-electron chi connectivity index (χ4n) is 3.27. The molecule has 0 unspecified atom stereocenters. The van der Waals surface area contributed by atoms with Crippen molar-refractivity contribution in [1.82, 2.24) is 19.3 Å². The molecule has 3 rings (SSSR count). The summed E-state index contributed by atoms with van der Waals surface area (Å²) >= 11 is 0. The Morgan fingerprint density at radius 3 is 2.68 bits per heavy atom. The normalized spacial score (nSPS) is 11.4. The van der Waals surface area contributed by atoms with Crippen LogP contribution in [0.1, 0.15) is 33.5 Å². The van der Waals surface area contributed by atoms with Crippen LogP contribution in [-0.2, 0) is 13.1 Å². The summed E-state index contributed by atoms with van der Waals surface area (Å²) < 4.78 is 23.5. The minimum Gasteiger partial charge on any atom is -0.494 e. The van der Waals surface area contributed by atoms with Crippen molar-refractivity contribution in [2.75, 3.05) is 19.0 Å². The number of ether oxygens (including phenoxy) is 1.